The molecule has 5 heteroatoms. The minimum absolute atomic E-state index is 0.00800. The van der Waals surface area contributed by atoms with Crippen LogP contribution in [0, 0.1) is 16.7 Å². The van der Waals surface area contributed by atoms with Crippen LogP contribution in [0.4, 0.5) is 0 Å². The number of rotatable bonds is 5. The molecule has 0 radical (unpaired) electrons. The SMILES string of the molecule is C=C1CC[C@@H](OC(C)=O)[C@@]2(C)CC[C@@]3(O)O[C@@]12C[C@@]3(C)CCC(=O)C(C)C. The maximum atomic E-state index is 12.2. The Kier molecular flexibility index (Phi) is 4.88. The third-order valence-electron chi connectivity index (χ3n) is 7.70. The zero-order valence-electron chi connectivity index (χ0n) is 17.4. The van der Waals surface area contributed by atoms with E-state index in [9.17, 15) is 14.7 Å². The number of Topliss-reactive ketones (excluding diaryl/α,β-unsaturated/α-hetero) is 1. The monoisotopic (exact) mass is 378 g/mol. The second-order valence-electron chi connectivity index (χ2n) is 9.73. The Morgan fingerprint density at radius 1 is 1.33 bits per heavy atom. The summed E-state index contributed by atoms with van der Waals surface area (Å²) >= 11 is 0. The highest BCUT2D eigenvalue weighted by atomic mass is 16.7. The summed E-state index contributed by atoms with van der Waals surface area (Å²) in [4.78, 5) is 23.9. The fourth-order valence-corrected chi connectivity index (χ4v) is 5.65. The molecule has 1 aliphatic carbocycles. The lowest BCUT2D eigenvalue weighted by atomic mass is 9.57. The number of aliphatic hydroxyl groups is 1. The Bertz CT molecular complexity index is 670. The van der Waals surface area contributed by atoms with Crippen molar-refractivity contribution in [2.24, 2.45) is 16.7 Å². The second-order valence-corrected chi connectivity index (χ2v) is 9.73. The van der Waals surface area contributed by atoms with E-state index in [-0.39, 0.29) is 23.8 Å². The molecule has 3 aliphatic rings. The highest BCUT2D eigenvalue weighted by Crippen LogP contribution is 2.69. The highest BCUT2D eigenvalue weighted by Gasteiger charge is 2.73. The topological polar surface area (TPSA) is 72.8 Å². The van der Waals surface area contributed by atoms with Crippen LogP contribution in [0.5, 0.6) is 0 Å². The van der Waals surface area contributed by atoms with Crippen molar-refractivity contribution < 1.29 is 24.2 Å². The largest absolute Gasteiger partial charge is 0.462 e. The van der Waals surface area contributed by atoms with Gasteiger partial charge in [0.25, 0.3) is 0 Å². The molecule has 1 saturated carbocycles. The number of ketones is 1. The summed E-state index contributed by atoms with van der Waals surface area (Å²) in [6, 6.07) is 0. The number of esters is 1. The number of carbonyl (C=O) groups excluding carboxylic acids is 2. The molecule has 3 rings (SSSR count). The molecule has 152 valence electrons. The van der Waals surface area contributed by atoms with Crippen LogP contribution in [0.25, 0.3) is 0 Å². The zero-order chi connectivity index (χ0) is 20.3. The molecule has 1 N–H and O–H groups in total. The van der Waals surface area contributed by atoms with Gasteiger partial charge in [-0.15, -0.1) is 0 Å². The third kappa shape index (κ3) is 2.89. The lowest BCUT2D eigenvalue weighted by molar-refractivity contribution is -0.315. The van der Waals surface area contributed by atoms with Gasteiger partial charge in [0.15, 0.2) is 5.79 Å². The van der Waals surface area contributed by atoms with Crippen molar-refractivity contribution in [1.82, 2.24) is 0 Å². The van der Waals surface area contributed by atoms with E-state index in [1.807, 2.05) is 20.8 Å². The van der Waals surface area contributed by atoms with Gasteiger partial charge in [-0.3, -0.25) is 9.59 Å². The molecule has 0 aromatic carbocycles. The molecule has 0 unspecified atom stereocenters. The van der Waals surface area contributed by atoms with Crippen molar-refractivity contribution >= 4 is 11.8 Å². The number of hydrogen-bond acceptors (Lipinski definition) is 5. The van der Waals surface area contributed by atoms with Crippen LogP contribution >= 0.6 is 0 Å². The van der Waals surface area contributed by atoms with Crippen molar-refractivity contribution in [3.63, 3.8) is 0 Å². The second kappa shape index (κ2) is 6.41. The van der Waals surface area contributed by atoms with Crippen LogP contribution in [-0.4, -0.2) is 34.4 Å². The quantitative estimate of drug-likeness (QED) is 0.580. The van der Waals surface area contributed by atoms with Gasteiger partial charge in [0, 0.05) is 36.5 Å². The Morgan fingerprint density at radius 2 is 2.00 bits per heavy atom. The van der Waals surface area contributed by atoms with Crippen LogP contribution in [0.1, 0.15) is 79.6 Å². The standard InChI is InChI=1S/C22H34O5/c1-14(2)17(24)9-10-19(5)13-21-15(3)7-8-18(26-16(4)23)20(21,6)11-12-22(19,25)27-21/h14,18,25H,3,7-13H2,1-2,4-6H3/t18-,19-,20-,21+,22-/m1/s1. The molecule has 5 nitrogen and oxygen atoms in total. The number of hydrogen-bond donors (Lipinski definition) is 1. The fraction of sp³-hybridized carbons (Fsp3) is 0.818. The molecule has 5 atom stereocenters. The van der Waals surface area contributed by atoms with Gasteiger partial charge in [-0.05, 0) is 37.7 Å². The van der Waals surface area contributed by atoms with Crippen LogP contribution < -0.4 is 0 Å². The van der Waals surface area contributed by atoms with E-state index >= 15 is 0 Å². The van der Waals surface area contributed by atoms with E-state index in [1.165, 1.54) is 6.92 Å². The first kappa shape index (κ1) is 20.5. The van der Waals surface area contributed by atoms with Gasteiger partial charge in [0.1, 0.15) is 17.5 Å². The van der Waals surface area contributed by atoms with E-state index in [1.54, 1.807) is 0 Å². The minimum atomic E-state index is -1.27. The average Bonchev–Trinajstić information content (AvgIpc) is 2.78. The summed E-state index contributed by atoms with van der Waals surface area (Å²) in [5, 5.41) is 11.4. The average molecular weight is 379 g/mol. The Labute approximate surface area is 162 Å². The molecular weight excluding hydrogens is 344 g/mol. The molecule has 2 aliphatic heterocycles. The predicted octanol–water partition coefficient (Wildman–Crippen LogP) is 3.93. The van der Waals surface area contributed by atoms with Gasteiger partial charge in [-0.1, -0.05) is 34.3 Å². The Morgan fingerprint density at radius 3 is 2.59 bits per heavy atom. The van der Waals surface area contributed by atoms with Gasteiger partial charge in [-0.25, -0.2) is 0 Å². The summed E-state index contributed by atoms with van der Waals surface area (Å²) in [5.41, 5.74) is -0.685. The predicted molar refractivity (Wildman–Crippen MR) is 102 cm³/mol. The van der Waals surface area contributed by atoms with Crippen molar-refractivity contribution in [2.45, 2.75) is 97.1 Å². The molecule has 1 spiro atoms. The lowest BCUT2D eigenvalue weighted by Crippen LogP contribution is -2.62. The van der Waals surface area contributed by atoms with Crippen molar-refractivity contribution in [3.05, 3.63) is 12.2 Å². The highest BCUT2D eigenvalue weighted by molar-refractivity contribution is 5.80. The number of ether oxygens (including phenoxy) is 2. The summed E-state index contributed by atoms with van der Waals surface area (Å²) in [7, 11) is 0. The van der Waals surface area contributed by atoms with Crippen LogP contribution in [0.15, 0.2) is 12.2 Å². The smallest absolute Gasteiger partial charge is 0.302 e. The Balaban J connectivity index is 1.94. The first-order valence-electron chi connectivity index (χ1n) is 10.2. The number of carbonyl (C=O) groups is 2. The first-order chi connectivity index (χ1) is 12.4. The van der Waals surface area contributed by atoms with E-state index < -0.39 is 22.2 Å². The van der Waals surface area contributed by atoms with Crippen molar-refractivity contribution in [3.8, 4) is 0 Å². The zero-order valence-corrected chi connectivity index (χ0v) is 17.4. The minimum Gasteiger partial charge on any atom is -0.462 e. The molecule has 27 heavy (non-hydrogen) atoms. The normalized spacial score (nSPS) is 43.5. The molecule has 0 aromatic rings. The van der Waals surface area contributed by atoms with Crippen molar-refractivity contribution in [2.75, 3.05) is 0 Å². The van der Waals surface area contributed by atoms with Gasteiger partial charge >= 0.3 is 5.97 Å². The molecule has 2 heterocycles. The van der Waals surface area contributed by atoms with Gasteiger partial charge in [-0.2, -0.15) is 0 Å². The lowest BCUT2D eigenvalue weighted by Gasteiger charge is -2.57. The van der Waals surface area contributed by atoms with Gasteiger partial charge in [0.05, 0.1) is 0 Å². The summed E-state index contributed by atoms with van der Waals surface area (Å²) < 4.78 is 12.2. The molecule has 0 amide bonds. The van der Waals surface area contributed by atoms with E-state index in [2.05, 4.69) is 13.5 Å². The van der Waals surface area contributed by atoms with E-state index in [0.29, 0.717) is 38.5 Å². The van der Waals surface area contributed by atoms with Gasteiger partial charge < -0.3 is 14.6 Å². The summed E-state index contributed by atoms with van der Waals surface area (Å²) in [5.74, 6) is -1.36. The van der Waals surface area contributed by atoms with Gasteiger partial charge in [0.2, 0.25) is 0 Å². The summed E-state index contributed by atoms with van der Waals surface area (Å²) in [6.07, 6.45) is 4.01. The molecule has 2 saturated heterocycles. The summed E-state index contributed by atoms with van der Waals surface area (Å²) in [6.45, 7) is 13.7. The fourth-order valence-electron chi connectivity index (χ4n) is 5.65. The van der Waals surface area contributed by atoms with Crippen LogP contribution in [0.3, 0.4) is 0 Å². The Hall–Kier alpha value is -1.20. The maximum absolute atomic E-state index is 12.2. The van der Waals surface area contributed by atoms with E-state index in [4.69, 9.17) is 9.47 Å². The molecule has 0 aromatic heterocycles. The van der Waals surface area contributed by atoms with E-state index in [0.717, 1.165) is 12.0 Å². The van der Waals surface area contributed by atoms with Crippen LogP contribution in [0.2, 0.25) is 0 Å². The molecular formula is C22H34O5. The molecule has 3 fully saturated rings. The van der Waals surface area contributed by atoms with Crippen LogP contribution in [-0.2, 0) is 19.1 Å². The number of fused-ring (bicyclic) bond motifs is 1. The molecule has 2 bridgehead atoms. The maximum Gasteiger partial charge on any atom is 0.302 e. The third-order valence-corrected chi connectivity index (χ3v) is 7.70. The first-order valence-corrected chi connectivity index (χ1v) is 10.2. The van der Waals surface area contributed by atoms with Crippen molar-refractivity contribution in [1.29, 1.82) is 0 Å².